The van der Waals surface area contributed by atoms with Gasteiger partial charge in [0.05, 0.1) is 24.0 Å². The van der Waals surface area contributed by atoms with Gasteiger partial charge in [0.1, 0.15) is 21.7 Å². The molecule has 1 saturated heterocycles. The van der Waals surface area contributed by atoms with Crippen LogP contribution in [0.5, 0.6) is 0 Å². The third-order valence-electron chi connectivity index (χ3n) is 3.72. The summed E-state index contributed by atoms with van der Waals surface area (Å²) in [5, 5.41) is 0. The Labute approximate surface area is 186 Å². The maximum absolute atomic E-state index is 13.1. The molecule has 2 heterocycles. The van der Waals surface area contributed by atoms with Crippen LogP contribution in [-0.2, 0) is 14.8 Å². The molecule has 1 amide bonds. The van der Waals surface area contributed by atoms with Crippen molar-refractivity contribution >= 4 is 37.7 Å². The fourth-order valence-electron chi connectivity index (χ4n) is 2.38. The van der Waals surface area contributed by atoms with Crippen molar-refractivity contribution in [2.75, 3.05) is 31.2 Å². The van der Waals surface area contributed by atoms with Crippen molar-refractivity contribution in [3.05, 3.63) is 57.1 Å². The van der Waals surface area contributed by atoms with Crippen molar-refractivity contribution in [2.24, 2.45) is 0 Å². The summed E-state index contributed by atoms with van der Waals surface area (Å²) in [4.78, 5) is 18.1. The Kier molecular flexibility index (Phi) is 7.78. The fraction of sp³-hybridized carbons (Fsp3) is 0.250. The van der Waals surface area contributed by atoms with Gasteiger partial charge in [0, 0.05) is 29.3 Å². The zero-order valence-electron chi connectivity index (χ0n) is 14.4. The van der Waals surface area contributed by atoms with E-state index in [1.54, 1.807) is 6.07 Å². The molecule has 0 unspecified atom stereocenters. The molecule has 0 radical (unpaired) electrons. The van der Waals surface area contributed by atoms with E-state index in [1.807, 2.05) is 4.90 Å². The molecule has 2 aromatic rings. The topological polar surface area (TPSA) is 90.7 Å². The summed E-state index contributed by atoms with van der Waals surface area (Å²) in [5.74, 6) is -0.923. The van der Waals surface area contributed by atoms with E-state index >= 15 is 0 Å². The van der Waals surface area contributed by atoms with Crippen LogP contribution in [0.1, 0.15) is 10.4 Å². The largest absolute Gasteiger partial charge is 1.00 e. The van der Waals surface area contributed by atoms with E-state index in [2.05, 4.69) is 25.6 Å². The summed E-state index contributed by atoms with van der Waals surface area (Å²) in [6, 6.07) is 6.20. The summed E-state index contributed by atoms with van der Waals surface area (Å²) in [7, 11) is -4.23. The molecule has 1 aromatic carbocycles. The van der Waals surface area contributed by atoms with Gasteiger partial charge in [-0.2, -0.15) is 0 Å². The van der Waals surface area contributed by atoms with E-state index in [1.165, 1.54) is 12.1 Å². The molecule has 0 aliphatic carbocycles. The monoisotopic (exact) mass is 465 g/mol. The van der Waals surface area contributed by atoms with Gasteiger partial charge in [-0.3, -0.25) is 0 Å². The molecule has 1 aromatic heterocycles. The molecule has 11 heteroatoms. The number of anilines is 1. The van der Waals surface area contributed by atoms with Crippen molar-refractivity contribution in [3.63, 3.8) is 0 Å². The molecule has 1 aliphatic rings. The molecule has 1 fully saturated rings. The maximum atomic E-state index is 13.1. The van der Waals surface area contributed by atoms with Gasteiger partial charge in [-0.15, -0.1) is 0 Å². The number of hydrogen-bond acceptors (Lipinski definition) is 6. The van der Waals surface area contributed by atoms with Crippen LogP contribution in [0.4, 0.5) is 10.2 Å². The summed E-state index contributed by atoms with van der Waals surface area (Å²) >= 11 is 3.02. The number of nitrogens with zero attached hydrogens (tertiary/aromatic N) is 3. The molecule has 1 aliphatic heterocycles. The average molecular weight is 466 g/mol. The molecule has 0 bridgehead atoms. The first-order valence-corrected chi connectivity index (χ1v) is 9.86. The van der Waals surface area contributed by atoms with Crippen LogP contribution in [-0.4, -0.2) is 45.6 Å². The van der Waals surface area contributed by atoms with Crippen molar-refractivity contribution < 1.29 is 51.9 Å². The van der Waals surface area contributed by atoms with Crippen LogP contribution in [0.3, 0.4) is 0 Å². The first kappa shape index (κ1) is 22.3. The van der Waals surface area contributed by atoms with Gasteiger partial charge < -0.3 is 19.2 Å². The van der Waals surface area contributed by atoms with Crippen LogP contribution in [0, 0.1) is 5.82 Å². The average Bonchev–Trinajstić information content (AvgIpc) is 2.62. The number of aromatic nitrogens is 1. The van der Waals surface area contributed by atoms with Gasteiger partial charge in [0.2, 0.25) is 0 Å². The molecule has 0 atom stereocenters. The predicted octanol–water partition coefficient (Wildman–Crippen LogP) is -0.273. The second-order valence-corrected chi connectivity index (χ2v) is 7.91. The van der Waals surface area contributed by atoms with Gasteiger partial charge >= 0.3 is 29.6 Å². The number of halogens is 2. The number of carbonyl (C=O) groups is 1. The third kappa shape index (κ3) is 5.49. The van der Waals surface area contributed by atoms with Gasteiger partial charge in [0.15, 0.2) is 0 Å². The second-order valence-electron chi connectivity index (χ2n) is 5.45. The Morgan fingerprint density at radius 1 is 1.22 bits per heavy atom. The normalized spacial score (nSPS) is 14.4. The smallest absolute Gasteiger partial charge is 0.537 e. The number of amides is 1. The maximum Gasteiger partial charge on any atom is 1.00 e. The number of pyridine rings is 1. The Morgan fingerprint density at radius 3 is 2.52 bits per heavy atom. The van der Waals surface area contributed by atoms with Gasteiger partial charge in [-0.05, 0) is 30.3 Å². The number of benzene rings is 1. The molecular formula is C16H14BrFN3NaO4S. The molecule has 27 heavy (non-hydrogen) atoms. The van der Waals surface area contributed by atoms with E-state index in [0.717, 1.165) is 18.3 Å². The summed E-state index contributed by atoms with van der Waals surface area (Å²) in [6.45, 7) is 2.50. The quantitative estimate of drug-likeness (QED) is 0.577. The van der Waals surface area contributed by atoms with Crippen molar-refractivity contribution in [1.29, 1.82) is 0 Å². The minimum atomic E-state index is -4.23. The van der Waals surface area contributed by atoms with E-state index in [4.69, 9.17) is 4.74 Å². The Hall–Kier alpha value is -1.04. The predicted molar refractivity (Wildman–Crippen MR) is 96.2 cm³/mol. The first-order chi connectivity index (χ1) is 12.4. The SMILES string of the molecule is O=C([N-]S(=O)(=O)c1ccc(N2CCOCC2)nc1)c1ccc(F)cc1Br.[Na+]. The number of rotatable bonds is 4. The van der Waals surface area contributed by atoms with E-state index in [0.29, 0.717) is 32.1 Å². The minimum Gasteiger partial charge on any atom is -0.537 e. The van der Waals surface area contributed by atoms with Crippen LogP contribution in [0.15, 0.2) is 45.9 Å². The molecule has 0 spiro atoms. The van der Waals surface area contributed by atoms with E-state index < -0.39 is 21.7 Å². The molecule has 3 rings (SSSR count). The first-order valence-electron chi connectivity index (χ1n) is 7.63. The Bertz CT molecular complexity index is 922. The Balaban J connectivity index is 0.00000261. The fourth-order valence-corrected chi connectivity index (χ4v) is 3.75. The van der Waals surface area contributed by atoms with Gasteiger partial charge in [-0.25, -0.2) is 17.8 Å². The van der Waals surface area contributed by atoms with Crippen LogP contribution in [0.25, 0.3) is 4.72 Å². The number of ether oxygens (including phenoxy) is 1. The van der Waals surface area contributed by atoms with Crippen LogP contribution in [0.2, 0.25) is 0 Å². The van der Waals surface area contributed by atoms with Crippen molar-refractivity contribution in [2.45, 2.75) is 4.90 Å². The number of carbonyl (C=O) groups excluding carboxylic acids is 1. The molecule has 0 saturated carbocycles. The van der Waals surface area contributed by atoms with Crippen molar-refractivity contribution in [3.8, 4) is 0 Å². The molecule has 7 nitrogen and oxygen atoms in total. The number of hydrogen-bond donors (Lipinski definition) is 0. The summed E-state index contributed by atoms with van der Waals surface area (Å²) in [5.41, 5.74) is -0.0483. The summed E-state index contributed by atoms with van der Waals surface area (Å²) < 4.78 is 46.4. The zero-order valence-corrected chi connectivity index (χ0v) is 18.8. The van der Waals surface area contributed by atoms with Gasteiger partial charge in [-0.1, -0.05) is 15.9 Å². The molecule has 0 N–H and O–H groups in total. The summed E-state index contributed by atoms with van der Waals surface area (Å²) in [6.07, 6.45) is 1.16. The zero-order chi connectivity index (χ0) is 18.7. The number of sulfonamides is 1. The minimum absolute atomic E-state index is 0. The third-order valence-corrected chi connectivity index (χ3v) is 5.62. The molecule has 138 valence electrons. The second kappa shape index (κ2) is 9.44. The van der Waals surface area contributed by atoms with Gasteiger partial charge in [0.25, 0.3) is 0 Å². The number of morpholine rings is 1. The standard InChI is InChI=1S/C16H15BrFN3O4S.Na/c17-14-9-11(18)1-3-13(14)16(22)20-26(23,24)12-2-4-15(19-10-12)21-5-7-25-8-6-21;/h1-4,9-10H,5-8H2,(H,20,22);/q;+1/p-1. The van der Waals surface area contributed by atoms with E-state index in [9.17, 15) is 17.6 Å². The molecular weight excluding hydrogens is 452 g/mol. The Morgan fingerprint density at radius 2 is 1.93 bits per heavy atom. The van der Waals surface area contributed by atoms with Crippen molar-refractivity contribution in [1.82, 2.24) is 4.98 Å². The van der Waals surface area contributed by atoms with Crippen LogP contribution >= 0.6 is 15.9 Å². The van der Waals surface area contributed by atoms with E-state index in [-0.39, 0.29) is 44.5 Å². The van der Waals surface area contributed by atoms with Crippen LogP contribution < -0.4 is 34.5 Å².